The summed E-state index contributed by atoms with van der Waals surface area (Å²) in [7, 11) is -3.61. The molecule has 18 heavy (non-hydrogen) atoms. The Balaban J connectivity index is 2.36. The van der Waals surface area contributed by atoms with E-state index in [0.29, 0.717) is 14.5 Å². The van der Waals surface area contributed by atoms with Gasteiger partial charge in [0.1, 0.15) is 4.21 Å². The maximum absolute atomic E-state index is 12.1. The van der Waals surface area contributed by atoms with E-state index in [1.807, 2.05) is 0 Å². The molecule has 0 atom stereocenters. The summed E-state index contributed by atoms with van der Waals surface area (Å²) >= 11 is 10.1. The van der Waals surface area contributed by atoms with Crippen LogP contribution in [0.1, 0.15) is 5.56 Å². The lowest BCUT2D eigenvalue weighted by Gasteiger charge is -2.07. The van der Waals surface area contributed by atoms with Gasteiger partial charge in [-0.3, -0.25) is 9.71 Å². The molecule has 0 unspecified atom stereocenters. The summed E-state index contributed by atoms with van der Waals surface area (Å²) < 4.78 is 27.5. The highest BCUT2D eigenvalue weighted by molar-refractivity contribution is 9.11. The van der Waals surface area contributed by atoms with Gasteiger partial charge in [-0.05, 0) is 40.5 Å². The molecule has 0 aromatic carbocycles. The van der Waals surface area contributed by atoms with E-state index in [-0.39, 0.29) is 4.21 Å². The molecule has 2 aromatic rings. The molecule has 0 aliphatic carbocycles. The van der Waals surface area contributed by atoms with Crippen molar-refractivity contribution in [1.82, 2.24) is 4.98 Å². The number of aryl methyl sites for hydroxylation is 1. The number of aromatic nitrogens is 1. The number of halogens is 2. The van der Waals surface area contributed by atoms with E-state index in [4.69, 9.17) is 11.6 Å². The molecule has 0 spiro atoms. The molecule has 0 saturated heterocycles. The molecule has 0 aliphatic rings. The van der Waals surface area contributed by atoms with Crippen LogP contribution in [0, 0.1) is 6.92 Å². The predicted molar refractivity (Wildman–Crippen MR) is 76.8 cm³/mol. The van der Waals surface area contributed by atoms with Gasteiger partial charge in [-0.25, -0.2) is 8.42 Å². The zero-order valence-electron chi connectivity index (χ0n) is 9.15. The highest BCUT2D eigenvalue weighted by Gasteiger charge is 2.19. The molecule has 4 nitrogen and oxygen atoms in total. The second kappa shape index (κ2) is 5.16. The van der Waals surface area contributed by atoms with E-state index in [9.17, 15) is 8.42 Å². The van der Waals surface area contributed by atoms with Gasteiger partial charge in [0.05, 0.1) is 14.5 Å². The molecular weight excluding hydrogens is 360 g/mol. The van der Waals surface area contributed by atoms with Gasteiger partial charge in [-0.2, -0.15) is 0 Å². The largest absolute Gasteiger partial charge is 0.279 e. The van der Waals surface area contributed by atoms with E-state index in [1.54, 1.807) is 19.2 Å². The summed E-state index contributed by atoms with van der Waals surface area (Å²) in [6.45, 7) is 1.78. The van der Waals surface area contributed by atoms with Crippen LogP contribution in [0.15, 0.2) is 32.5 Å². The number of pyridine rings is 1. The van der Waals surface area contributed by atoms with E-state index in [1.165, 1.54) is 12.3 Å². The number of thiophene rings is 1. The standard InChI is InChI=1S/C10H8BrClN2O2S2/c1-6-5-13-3-2-8(6)14-18(15,16)9-4-7(12)10(11)17-9/h2-5H,1H3,(H,13,14). The number of nitrogens with zero attached hydrogens (tertiary/aromatic N) is 1. The van der Waals surface area contributed by atoms with Crippen molar-refractivity contribution in [2.24, 2.45) is 0 Å². The van der Waals surface area contributed by atoms with Gasteiger partial charge >= 0.3 is 0 Å². The minimum absolute atomic E-state index is 0.163. The van der Waals surface area contributed by atoms with Crippen LogP contribution < -0.4 is 4.72 Å². The molecule has 0 bridgehead atoms. The van der Waals surface area contributed by atoms with E-state index in [2.05, 4.69) is 25.6 Å². The molecule has 0 aliphatic heterocycles. The molecule has 0 saturated carbocycles. The first-order valence-electron chi connectivity index (χ1n) is 4.78. The second-order valence-corrected chi connectivity index (χ2v) is 8.17. The van der Waals surface area contributed by atoms with Crippen LogP contribution >= 0.6 is 38.9 Å². The lowest BCUT2D eigenvalue weighted by Crippen LogP contribution is -2.12. The summed E-state index contributed by atoms with van der Waals surface area (Å²) in [6, 6.07) is 3.02. The average Bonchev–Trinajstić information content (AvgIpc) is 2.63. The lowest BCUT2D eigenvalue weighted by molar-refractivity contribution is 0.603. The fraction of sp³-hybridized carbons (Fsp3) is 0.100. The Morgan fingerprint density at radius 3 is 2.78 bits per heavy atom. The monoisotopic (exact) mass is 366 g/mol. The zero-order valence-corrected chi connectivity index (χ0v) is 13.1. The van der Waals surface area contributed by atoms with E-state index < -0.39 is 10.0 Å². The number of anilines is 1. The average molecular weight is 368 g/mol. The smallest absolute Gasteiger partial charge is 0.271 e. The Morgan fingerprint density at radius 1 is 1.50 bits per heavy atom. The molecule has 96 valence electrons. The lowest BCUT2D eigenvalue weighted by atomic mass is 10.3. The fourth-order valence-corrected chi connectivity index (χ4v) is 4.77. The van der Waals surface area contributed by atoms with Crippen molar-refractivity contribution in [2.75, 3.05) is 4.72 Å². The first kappa shape index (κ1) is 13.8. The molecule has 2 rings (SSSR count). The first-order valence-corrected chi connectivity index (χ1v) is 8.25. The maximum atomic E-state index is 12.1. The molecule has 0 fully saturated rings. The molecular formula is C10H8BrClN2O2S2. The van der Waals surface area contributed by atoms with Crippen LogP contribution in [0.2, 0.25) is 5.02 Å². The van der Waals surface area contributed by atoms with E-state index >= 15 is 0 Å². The van der Waals surface area contributed by atoms with Gasteiger partial charge in [0.25, 0.3) is 10.0 Å². The number of hydrogen-bond acceptors (Lipinski definition) is 4. The molecule has 1 N–H and O–H groups in total. The van der Waals surface area contributed by atoms with Crippen LogP contribution in [-0.4, -0.2) is 13.4 Å². The van der Waals surface area contributed by atoms with Crippen LogP contribution in [0.25, 0.3) is 0 Å². The van der Waals surface area contributed by atoms with Crippen molar-refractivity contribution in [3.8, 4) is 0 Å². The van der Waals surface area contributed by atoms with Crippen molar-refractivity contribution in [3.63, 3.8) is 0 Å². The molecule has 2 aromatic heterocycles. The Labute approximate surface area is 122 Å². The van der Waals surface area contributed by atoms with Crippen molar-refractivity contribution < 1.29 is 8.42 Å². The quantitative estimate of drug-likeness (QED) is 0.900. The number of hydrogen-bond donors (Lipinski definition) is 1. The van der Waals surface area contributed by atoms with E-state index in [0.717, 1.165) is 16.9 Å². The van der Waals surface area contributed by atoms with Crippen LogP contribution in [0.4, 0.5) is 5.69 Å². The Hall–Kier alpha value is -0.630. The van der Waals surface area contributed by atoms with Crippen LogP contribution in [-0.2, 0) is 10.0 Å². The Bertz CT molecular complexity index is 665. The van der Waals surface area contributed by atoms with Gasteiger partial charge in [-0.15, -0.1) is 11.3 Å². The second-order valence-electron chi connectivity index (χ2n) is 3.48. The highest BCUT2D eigenvalue weighted by atomic mass is 79.9. The molecule has 8 heteroatoms. The van der Waals surface area contributed by atoms with Gasteiger partial charge < -0.3 is 0 Å². The normalized spacial score (nSPS) is 11.5. The number of rotatable bonds is 3. The van der Waals surface area contributed by atoms with Crippen molar-refractivity contribution in [2.45, 2.75) is 11.1 Å². The summed E-state index contributed by atoms with van der Waals surface area (Å²) in [4.78, 5) is 3.91. The van der Waals surface area contributed by atoms with Crippen molar-refractivity contribution in [3.05, 3.63) is 38.9 Å². The zero-order chi connectivity index (χ0) is 13.3. The predicted octanol–water partition coefficient (Wildman–Crippen LogP) is 3.67. The van der Waals surface area contributed by atoms with Gasteiger partial charge in [0, 0.05) is 12.4 Å². The summed E-state index contributed by atoms with van der Waals surface area (Å²) in [5.74, 6) is 0. The maximum Gasteiger partial charge on any atom is 0.271 e. The fourth-order valence-electron chi connectivity index (χ4n) is 1.24. The number of nitrogens with one attached hydrogen (secondary N) is 1. The summed E-state index contributed by atoms with van der Waals surface area (Å²) in [6.07, 6.45) is 3.12. The third kappa shape index (κ3) is 2.85. The molecule has 0 amide bonds. The third-order valence-corrected chi connectivity index (χ3v) is 6.47. The third-order valence-electron chi connectivity index (χ3n) is 2.15. The number of sulfonamides is 1. The van der Waals surface area contributed by atoms with Crippen molar-refractivity contribution >= 4 is 54.6 Å². The Morgan fingerprint density at radius 2 is 2.22 bits per heavy atom. The summed E-state index contributed by atoms with van der Waals surface area (Å²) in [5.41, 5.74) is 1.26. The first-order chi connectivity index (χ1) is 8.40. The van der Waals surface area contributed by atoms with Gasteiger partial charge in [-0.1, -0.05) is 11.6 Å². The minimum atomic E-state index is -3.61. The molecule has 0 radical (unpaired) electrons. The molecule has 2 heterocycles. The Kier molecular flexibility index (Phi) is 3.96. The van der Waals surface area contributed by atoms with Crippen LogP contribution in [0.5, 0.6) is 0 Å². The van der Waals surface area contributed by atoms with Crippen molar-refractivity contribution in [1.29, 1.82) is 0 Å². The summed E-state index contributed by atoms with van der Waals surface area (Å²) in [5, 5.41) is 0.381. The van der Waals surface area contributed by atoms with Gasteiger partial charge in [0.15, 0.2) is 0 Å². The van der Waals surface area contributed by atoms with Crippen LogP contribution in [0.3, 0.4) is 0 Å². The highest BCUT2D eigenvalue weighted by Crippen LogP contribution is 2.35. The minimum Gasteiger partial charge on any atom is -0.279 e. The van der Waals surface area contributed by atoms with Gasteiger partial charge in [0.2, 0.25) is 0 Å². The SMILES string of the molecule is Cc1cnccc1NS(=O)(=O)c1cc(Cl)c(Br)s1. The topological polar surface area (TPSA) is 59.1 Å².